The van der Waals surface area contributed by atoms with Crippen molar-refractivity contribution >= 4 is 21.8 Å². The highest BCUT2D eigenvalue weighted by Gasteiger charge is 2.12. The molecule has 0 radical (unpaired) electrons. The Kier molecular flexibility index (Phi) is 6.87. The third-order valence-electron chi connectivity index (χ3n) is 2.75. The molecule has 0 aliphatic rings. The SMILES string of the molecule is CCCNC(C)c1ccc(Br)cc1OCCC(N)=O. The molecule has 5 heteroatoms. The summed E-state index contributed by atoms with van der Waals surface area (Å²) in [7, 11) is 0. The number of halogens is 1. The maximum atomic E-state index is 10.7. The zero-order chi connectivity index (χ0) is 14.3. The Hall–Kier alpha value is -1.07. The molecule has 1 unspecified atom stereocenters. The Labute approximate surface area is 122 Å². The van der Waals surface area contributed by atoms with E-state index in [2.05, 4.69) is 35.1 Å². The normalized spacial score (nSPS) is 12.2. The predicted molar refractivity (Wildman–Crippen MR) is 80.2 cm³/mol. The molecule has 0 fully saturated rings. The number of rotatable bonds is 8. The molecule has 1 aromatic carbocycles. The van der Waals surface area contributed by atoms with Crippen molar-refractivity contribution < 1.29 is 9.53 Å². The van der Waals surface area contributed by atoms with E-state index < -0.39 is 0 Å². The van der Waals surface area contributed by atoms with E-state index in [1.54, 1.807) is 0 Å². The summed E-state index contributed by atoms with van der Waals surface area (Å²) in [4.78, 5) is 10.7. The fourth-order valence-corrected chi connectivity index (χ4v) is 2.06. The molecule has 106 valence electrons. The number of hydrogen-bond acceptors (Lipinski definition) is 3. The number of ether oxygens (including phenoxy) is 1. The number of hydrogen-bond donors (Lipinski definition) is 2. The van der Waals surface area contributed by atoms with Crippen LogP contribution in [0.15, 0.2) is 22.7 Å². The van der Waals surface area contributed by atoms with Gasteiger partial charge in [-0.05, 0) is 32.0 Å². The third kappa shape index (κ3) is 5.61. The number of primary amides is 1. The Morgan fingerprint density at radius 3 is 2.89 bits per heavy atom. The van der Waals surface area contributed by atoms with Crippen LogP contribution in [-0.2, 0) is 4.79 Å². The molecule has 1 rings (SSSR count). The fraction of sp³-hybridized carbons (Fsp3) is 0.500. The summed E-state index contributed by atoms with van der Waals surface area (Å²) < 4.78 is 6.61. The van der Waals surface area contributed by atoms with Crippen LogP contribution in [0.3, 0.4) is 0 Å². The van der Waals surface area contributed by atoms with Gasteiger partial charge in [0.2, 0.25) is 5.91 Å². The molecule has 0 aliphatic carbocycles. The Morgan fingerprint density at radius 2 is 2.26 bits per heavy atom. The lowest BCUT2D eigenvalue weighted by molar-refractivity contribution is -0.118. The standard InChI is InChI=1S/C14H21BrN2O2/c1-3-7-17-10(2)12-5-4-11(15)9-13(12)19-8-6-14(16)18/h4-5,9-10,17H,3,6-8H2,1-2H3,(H2,16,18). The zero-order valence-electron chi connectivity index (χ0n) is 11.4. The van der Waals surface area contributed by atoms with Gasteiger partial charge in [0.05, 0.1) is 13.0 Å². The van der Waals surface area contributed by atoms with E-state index >= 15 is 0 Å². The summed E-state index contributed by atoms with van der Waals surface area (Å²) in [6, 6.07) is 6.13. The van der Waals surface area contributed by atoms with Gasteiger partial charge in [0.25, 0.3) is 0 Å². The summed E-state index contributed by atoms with van der Waals surface area (Å²) in [6.45, 7) is 5.49. The van der Waals surface area contributed by atoms with Gasteiger partial charge < -0.3 is 15.8 Å². The molecule has 3 N–H and O–H groups in total. The quantitative estimate of drug-likeness (QED) is 0.771. The van der Waals surface area contributed by atoms with Gasteiger partial charge in [0.15, 0.2) is 0 Å². The van der Waals surface area contributed by atoms with Crippen molar-refractivity contribution in [3.05, 3.63) is 28.2 Å². The van der Waals surface area contributed by atoms with Gasteiger partial charge in [0, 0.05) is 16.1 Å². The van der Waals surface area contributed by atoms with Crippen LogP contribution in [0.2, 0.25) is 0 Å². The summed E-state index contributed by atoms with van der Waals surface area (Å²) in [5, 5.41) is 3.42. The van der Waals surface area contributed by atoms with Gasteiger partial charge in [-0.25, -0.2) is 0 Å². The first-order valence-electron chi connectivity index (χ1n) is 6.48. The van der Waals surface area contributed by atoms with Crippen LogP contribution >= 0.6 is 15.9 Å². The lowest BCUT2D eigenvalue weighted by atomic mass is 10.1. The minimum atomic E-state index is -0.353. The van der Waals surface area contributed by atoms with E-state index in [4.69, 9.17) is 10.5 Å². The van der Waals surface area contributed by atoms with Gasteiger partial charge in [-0.3, -0.25) is 4.79 Å². The minimum absolute atomic E-state index is 0.205. The van der Waals surface area contributed by atoms with Crippen molar-refractivity contribution in [2.24, 2.45) is 5.73 Å². The van der Waals surface area contributed by atoms with E-state index in [9.17, 15) is 4.79 Å². The molecule has 0 aromatic heterocycles. The maximum absolute atomic E-state index is 10.7. The average molecular weight is 329 g/mol. The molecule has 1 aromatic rings. The van der Waals surface area contributed by atoms with Crippen molar-refractivity contribution in [2.45, 2.75) is 32.7 Å². The molecule has 19 heavy (non-hydrogen) atoms. The molecule has 0 spiro atoms. The van der Waals surface area contributed by atoms with E-state index in [1.807, 2.05) is 18.2 Å². The number of nitrogens with one attached hydrogen (secondary N) is 1. The predicted octanol–water partition coefficient (Wildman–Crippen LogP) is 2.76. The van der Waals surface area contributed by atoms with E-state index in [0.29, 0.717) is 6.61 Å². The molecular weight excluding hydrogens is 308 g/mol. The topological polar surface area (TPSA) is 64.3 Å². The molecule has 0 saturated carbocycles. The maximum Gasteiger partial charge on any atom is 0.220 e. The van der Waals surface area contributed by atoms with Crippen molar-refractivity contribution in [3.63, 3.8) is 0 Å². The Morgan fingerprint density at radius 1 is 1.53 bits per heavy atom. The van der Waals surface area contributed by atoms with Crippen molar-refractivity contribution in [3.8, 4) is 5.75 Å². The first-order chi connectivity index (χ1) is 9.04. The van der Waals surface area contributed by atoms with Crippen LogP contribution in [0.25, 0.3) is 0 Å². The number of carbonyl (C=O) groups excluding carboxylic acids is 1. The molecule has 1 atom stereocenters. The van der Waals surface area contributed by atoms with Crippen LogP contribution in [-0.4, -0.2) is 19.1 Å². The van der Waals surface area contributed by atoms with Crippen LogP contribution in [0.1, 0.15) is 38.3 Å². The molecule has 0 heterocycles. The van der Waals surface area contributed by atoms with Crippen LogP contribution in [0.4, 0.5) is 0 Å². The molecular formula is C14H21BrN2O2. The number of carbonyl (C=O) groups is 1. The van der Waals surface area contributed by atoms with Gasteiger partial charge >= 0.3 is 0 Å². The highest BCUT2D eigenvalue weighted by atomic mass is 79.9. The van der Waals surface area contributed by atoms with Crippen molar-refractivity contribution in [1.29, 1.82) is 0 Å². The van der Waals surface area contributed by atoms with Crippen LogP contribution < -0.4 is 15.8 Å². The van der Waals surface area contributed by atoms with E-state index in [1.165, 1.54) is 0 Å². The third-order valence-corrected chi connectivity index (χ3v) is 3.24. The Balaban J connectivity index is 2.75. The van der Waals surface area contributed by atoms with Crippen LogP contribution in [0.5, 0.6) is 5.75 Å². The molecule has 4 nitrogen and oxygen atoms in total. The van der Waals surface area contributed by atoms with Gasteiger partial charge in [0.1, 0.15) is 5.75 Å². The molecule has 0 saturated heterocycles. The molecule has 0 aliphatic heterocycles. The summed E-state index contributed by atoms with van der Waals surface area (Å²) in [5.74, 6) is 0.431. The average Bonchev–Trinajstić information content (AvgIpc) is 2.35. The first kappa shape index (κ1) is 16.0. The van der Waals surface area contributed by atoms with Gasteiger partial charge in [-0.2, -0.15) is 0 Å². The largest absolute Gasteiger partial charge is 0.493 e. The summed E-state index contributed by atoms with van der Waals surface area (Å²) in [5.41, 5.74) is 6.19. The second-order valence-corrected chi connectivity index (χ2v) is 5.34. The summed E-state index contributed by atoms with van der Waals surface area (Å²) in [6.07, 6.45) is 1.31. The highest BCUT2D eigenvalue weighted by molar-refractivity contribution is 9.10. The number of benzene rings is 1. The Bertz CT molecular complexity index is 424. The highest BCUT2D eigenvalue weighted by Crippen LogP contribution is 2.28. The number of nitrogens with two attached hydrogens (primary N) is 1. The zero-order valence-corrected chi connectivity index (χ0v) is 13.0. The van der Waals surface area contributed by atoms with Gasteiger partial charge in [-0.1, -0.05) is 28.9 Å². The lowest BCUT2D eigenvalue weighted by Crippen LogP contribution is -2.20. The first-order valence-corrected chi connectivity index (χ1v) is 7.27. The van der Waals surface area contributed by atoms with Crippen molar-refractivity contribution in [1.82, 2.24) is 5.32 Å². The molecule has 0 bridgehead atoms. The lowest BCUT2D eigenvalue weighted by Gasteiger charge is -2.18. The van der Waals surface area contributed by atoms with E-state index in [0.717, 1.165) is 28.8 Å². The monoisotopic (exact) mass is 328 g/mol. The number of amides is 1. The van der Waals surface area contributed by atoms with Gasteiger partial charge in [-0.15, -0.1) is 0 Å². The van der Waals surface area contributed by atoms with E-state index in [-0.39, 0.29) is 18.4 Å². The van der Waals surface area contributed by atoms with Crippen molar-refractivity contribution in [2.75, 3.05) is 13.2 Å². The minimum Gasteiger partial charge on any atom is -0.493 e. The molecule has 1 amide bonds. The fourth-order valence-electron chi connectivity index (χ4n) is 1.72. The summed E-state index contributed by atoms with van der Waals surface area (Å²) >= 11 is 3.43. The van der Waals surface area contributed by atoms with Crippen LogP contribution in [0, 0.1) is 0 Å². The second-order valence-electron chi connectivity index (χ2n) is 4.42. The smallest absolute Gasteiger partial charge is 0.220 e. The second kappa shape index (κ2) is 8.17.